The van der Waals surface area contributed by atoms with E-state index in [4.69, 9.17) is 11.6 Å². The molecule has 0 radical (unpaired) electrons. The van der Waals surface area contributed by atoms with Gasteiger partial charge in [0.2, 0.25) is 0 Å². The molecular weight excluding hydrogens is 350 g/mol. The van der Waals surface area contributed by atoms with Crippen LogP contribution in [-0.2, 0) is 10.0 Å². The lowest BCUT2D eigenvalue weighted by molar-refractivity contribution is 0.601. The minimum Gasteiger partial charge on any atom is -0.278 e. The lowest BCUT2D eigenvalue weighted by atomic mass is 10.2. The minimum atomic E-state index is -3.63. The Morgan fingerprint density at radius 3 is 2.58 bits per heavy atom. The van der Waals surface area contributed by atoms with Gasteiger partial charge in [-0.25, -0.2) is 8.42 Å². The highest BCUT2D eigenvalue weighted by atomic mass is 79.9. The third-order valence-electron chi connectivity index (χ3n) is 2.47. The second-order valence-electron chi connectivity index (χ2n) is 4.05. The summed E-state index contributed by atoms with van der Waals surface area (Å²) in [5, 5.41) is 0.347. The lowest BCUT2D eigenvalue weighted by Gasteiger charge is -2.10. The normalized spacial score (nSPS) is 11.3. The number of hydrogen-bond donors (Lipinski definition) is 1. The molecule has 1 N–H and O–H groups in total. The molecule has 0 unspecified atom stereocenters. The molecule has 0 heterocycles. The summed E-state index contributed by atoms with van der Waals surface area (Å²) in [5.41, 5.74) is 1.22. The summed E-state index contributed by atoms with van der Waals surface area (Å²) in [5.74, 6) is 0. The monoisotopic (exact) mass is 359 g/mol. The van der Waals surface area contributed by atoms with Crippen molar-refractivity contribution in [2.24, 2.45) is 0 Å². The summed E-state index contributed by atoms with van der Waals surface area (Å²) in [6.45, 7) is 1.84. The van der Waals surface area contributed by atoms with Crippen molar-refractivity contribution >= 4 is 43.2 Å². The fourth-order valence-corrected chi connectivity index (χ4v) is 3.32. The average Bonchev–Trinajstić information content (AvgIpc) is 2.33. The van der Waals surface area contributed by atoms with Gasteiger partial charge in [-0.1, -0.05) is 39.7 Å². The summed E-state index contributed by atoms with van der Waals surface area (Å²) in [6, 6.07) is 11.7. The van der Waals surface area contributed by atoms with Crippen molar-refractivity contribution in [3.63, 3.8) is 0 Å². The van der Waals surface area contributed by atoms with Gasteiger partial charge in [0.25, 0.3) is 10.0 Å². The first-order chi connectivity index (χ1) is 8.88. The molecule has 0 spiro atoms. The van der Waals surface area contributed by atoms with Crippen molar-refractivity contribution in [1.29, 1.82) is 0 Å². The molecule has 19 heavy (non-hydrogen) atoms. The molecule has 0 fully saturated rings. The average molecular weight is 361 g/mol. The predicted molar refractivity (Wildman–Crippen MR) is 81.1 cm³/mol. The van der Waals surface area contributed by atoms with Gasteiger partial charge >= 0.3 is 0 Å². The van der Waals surface area contributed by atoms with Gasteiger partial charge in [-0.15, -0.1) is 0 Å². The van der Waals surface area contributed by atoms with Crippen molar-refractivity contribution in [1.82, 2.24) is 0 Å². The van der Waals surface area contributed by atoms with E-state index in [2.05, 4.69) is 20.7 Å². The van der Waals surface area contributed by atoms with E-state index < -0.39 is 10.0 Å². The van der Waals surface area contributed by atoms with E-state index in [0.29, 0.717) is 10.7 Å². The van der Waals surface area contributed by atoms with Crippen LogP contribution in [0.2, 0.25) is 5.02 Å². The van der Waals surface area contributed by atoms with Gasteiger partial charge in [-0.05, 0) is 42.8 Å². The highest BCUT2D eigenvalue weighted by molar-refractivity contribution is 9.10. The third kappa shape index (κ3) is 3.49. The van der Waals surface area contributed by atoms with Crippen molar-refractivity contribution in [3.8, 4) is 0 Å². The summed E-state index contributed by atoms with van der Waals surface area (Å²) in [4.78, 5) is 0.212. The van der Waals surface area contributed by atoms with Crippen LogP contribution in [0.3, 0.4) is 0 Å². The molecule has 0 amide bonds. The first-order valence-electron chi connectivity index (χ1n) is 5.43. The highest BCUT2D eigenvalue weighted by Crippen LogP contribution is 2.28. The van der Waals surface area contributed by atoms with Gasteiger partial charge in [-0.3, -0.25) is 4.72 Å². The van der Waals surface area contributed by atoms with Crippen LogP contribution in [0.25, 0.3) is 0 Å². The summed E-state index contributed by atoms with van der Waals surface area (Å²) in [6.07, 6.45) is 0. The molecule has 0 atom stereocenters. The maximum Gasteiger partial charge on any atom is 0.261 e. The quantitative estimate of drug-likeness (QED) is 0.891. The Labute approximate surface area is 125 Å². The van der Waals surface area contributed by atoms with Crippen molar-refractivity contribution in [2.45, 2.75) is 11.8 Å². The van der Waals surface area contributed by atoms with Gasteiger partial charge in [0, 0.05) is 4.47 Å². The van der Waals surface area contributed by atoms with E-state index in [0.717, 1.165) is 10.0 Å². The van der Waals surface area contributed by atoms with Crippen LogP contribution in [-0.4, -0.2) is 8.42 Å². The van der Waals surface area contributed by atoms with E-state index in [1.807, 2.05) is 13.0 Å². The Morgan fingerprint density at radius 2 is 1.89 bits per heavy atom. The van der Waals surface area contributed by atoms with Crippen LogP contribution in [0.5, 0.6) is 0 Å². The molecular formula is C13H11BrClNO2S. The highest BCUT2D eigenvalue weighted by Gasteiger charge is 2.15. The summed E-state index contributed by atoms with van der Waals surface area (Å²) in [7, 11) is -3.63. The van der Waals surface area contributed by atoms with Crippen molar-refractivity contribution in [3.05, 3.63) is 57.5 Å². The summed E-state index contributed by atoms with van der Waals surface area (Å²) >= 11 is 9.25. The number of nitrogens with one attached hydrogen (secondary N) is 1. The summed E-state index contributed by atoms with van der Waals surface area (Å²) < 4.78 is 27.7. The second kappa shape index (κ2) is 5.53. The molecule has 0 saturated heterocycles. The Hall–Kier alpha value is -1.04. The minimum absolute atomic E-state index is 0.212. The lowest BCUT2D eigenvalue weighted by Crippen LogP contribution is -2.13. The number of aryl methyl sites for hydroxylation is 1. The van der Waals surface area contributed by atoms with Gasteiger partial charge in [0.15, 0.2) is 0 Å². The molecule has 0 aromatic heterocycles. The van der Waals surface area contributed by atoms with Gasteiger partial charge in [-0.2, -0.15) is 0 Å². The maximum atomic E-state index is 12.2. The Kier molecular flexibility index (Phi) is 4.18. The van der Waals surface area contributed by atoms with Crippen molar-refractivity contribution in [2.75, 3.05) is 4.72 Å². The second-order valence-corrected chi connectivity index (χ2v) is 7.05. The third-order valence-corrected chi connectivity index (χ3v) is 4.66. The topological polar surface area (TPSA) is 46.2 Å². The van der Waals surface area contributed by atoms with E-state index in [1.54, 1.807) is 36.4 Å². The first-order valence-corrected chi connectivity index (χ1v) is 8.08. The predicted octanol–water partition coefficient (Wildman–Crippen LogP) is 4.21. The van der Waals surface area contributed by atoms with E-state index in [9.17, 15) is 8.42 Å². The van der Waals surface area contributed by atoms with Crippen LogP contribution < -0.4 is 4.72 Å². The fraction of sp³-hybridized carbons (Fsp3) is 0.0769. The van der Waals surface area contributed by atoms with Gasteiger partial charge in [0.05, 0.1) is 15.6 Å². The van der Waals surface area contributed by atoms with Crippen LogP contribution in [0.4, 0.5) is 5.69 Å². The van der Waals surface area contributed by atoms with Crippen LogP contribution in [0.15, 0.2) is 51.8 Å². The molecule has 0 aliphatic heterocycles. The number of hydrogen-bond acceptors (Lipinski definition) is 2. The molecule has 3 nitrogen and oxygen atoms in total. The van der Waals surface area contributed by atoms with E-state index >= 15 is 0 Å². The van der Waals surface area contributed by atoms with E-state index in [-0.39, 0.29) is 4.90 Å². The van der Waals surface area contributed by atoms with Crippen LogP contribution >= 0.6 is 27.5 Å². The Bertz CT molecular complexity index is 716. The fourth-order valence-electron chi connectivity index (χ4n) is 1.56. The van der Waals surface area contributed by atoms with Crippen molar-refractivity contribution < 1.29 is 8.42 Å². The zero-order valence-electron chi connectivity index (χ0n) is 10.0. The zero-order valence-corrected chi connectivity index (χ0v) is 13.2. The smallest absolute Gasteiger partial charge is 0.261 e. The van der Waals surface area contributed by atoms with Gasteiger partial charge < -0.3 is 0 Å². The first kappa shape index (κ1) is 14.4. The molecule has 2 aromatic rings. The number of sulfonamides is 1. The molecule has 2 rings (SSSR count). The molecule has 2 aromatic carbocycles. The molecule has 0 bridgehead atoms. The standard InChI is InChI=1S/C13H11BrClNO2S/c1-9-3-2-4-11(7-9)19(17,18)16-13-8-10(14)5-6-12(13)15/h2-8,16H,1H3. The molecule has 0 saturated carbocycles. The number of rotatable bonds is 3. The molecule has 0 aliphatic rings. The maximum absolute atomic E-state index is 12.2. The largest absolute Gasteiger partial charge is 0.278 e. The Balaban J connectivity index is 2.39. The molecule has 0 aliphatic carbocycles. The van der Waals surface area contributed by atoms with E-state index in [1.165, 1.54) is 0 Å². The molecule has 100 valence electrons. The van der Waals surface area contributed by atoms with Crippen LogP contribution in [0, 0.1) is 6.92 Å². The zero-order chi connectivity index (χ0) is 14.0. The number of anilines is 1. The number of halogens is 2. The molecule has 6 heteroatoms. The van der Waals surface area contributed by atoms with Crippen LogP contribution in [0.1, 0.15) is 5.56 Å². The SMILES string of the molecule is Cc1cccc(S(=O)(=O)Nc2cc(Br)ccc2Cl)c1. The number of benzene rings is 2. The Morgan fingerprint density at radius 1 is 1.16 bits per heavy atom. The van der Waals surface area contributed by atoms with Gasteiger partial charge in [0.1, 0.15) is 0 Å².